The van der Waals surface area contributed by atoms with Crippen molar-refractivity contribution in [2.75, 3.05) is 19.4 Å². The number of carbonyl (C=O) groups is 2. The Morgan fingerprint density at radius 2 is 1.81 bits per heavy atom. The Bertz CT molecular complexity index is 516. The number of nitrogens with zero attached hydrogens (tertiary/aromatic N) is 1. The van der Waals surface area contributed by atoms with Crippen molar-refractivity contribution in [1.82, 2.24) is 4.90 Å². The zero-order valence-electron chi connectivity index (χ0n) is 13.1. The Labute approximate surface area is 132 Å². The van der Waals surface area contributed by atoms with Gasteiger partial charge in [0, 0.05) is 25.3 Å². The molecule has 5 nitrogen and oxygen atoms in total. The summed E-state index contributed by atoms with van der Waals surface area (Å²) in [6.07, 6.45) is 0. The topological polar surface area (TPSA) is 75.4 Å². The number of nitrogens with one attached hydrogen (secondary N) is 1. The van der Waals surface area contributed by atoms with Crippen LogP contribution in [0.5, 0.6) is 0 Å². The molecule has 0 radical (unpaired) electrons. The summed E-state index contributed by atoms with van der Waals surface area (Å²) in [6, 6.07) is 4.67. The molecule has 0 aliphatic heterocycles. The largest absolute Gasteiger partial charge is 0.345 e. The van der Waals surface area contributed by atoms with E-state index in [0.717, 1.165) is 5.56 Å². The van der Waals surface area contributed by atoms with Gasteiger partial charge in [0.2, 0.25) is 5.91 Å². The van der Waals surface area contributed by atoms with Gasteiger partial charge in [0.15, 0.2) is 0 Å². The van der Waals surface area contributed by atoms with Crippen LogP contribution in [-0.4, -0.2) is 36.9 Å². The molecule has 1 aromatic rings. The van der Waals surface area contributed by atoms with E-state index in [-0.39, 0.29) is 30.1 Å². The molecule has 0 aliphatic carbocycles. The average molecular weight is 314 g/mol. The predicted molar refractivity (Wildman–Crippen MR) is 87.9 cm³/mol. The predicted octanol–water partition coefficient (Wildman–Crippen LogP) is 2.04. The zero-order valence-corrected chi connectivity index (χ0v) is 14.0. The van der Waals surface area contributed by atoms with Gasteiger partial charge < -0.3 is 16.0 Å². The van der Waals surface area contributed by atoms with Gasteiger partial charge in [0.1, 0.15) is 0 Å². The number of halogens is 1. The molecule has 0 unspecified atom stereocenters. The van der Waals surface area contributed by atoms with Crippen LogP contribution in [0.25, 0.3) is 0 Å². The number of aryl methyl sites for hydroxylation is 1. The summed E-state index contributed by atoms with van der Waals surface area (Å²) < 4.78 is 0. The van der Waals surface area contributed by atoms with Crippen LogP contribution in [0.15, 0.2) is 18.2 Å². The normalized spacial score (nSPS) is 11.6. The summed E-state index contributed by atoms with van der Waals surface area (Å²) in [7, 11) is 3.41. The number of rotatable bonds is 4. The Morgan fingerprint density at radius 1 is 1.24 bits per heavy atom. The molecule has 0 fully saturated rings. The van der Waals surface area contributed by atoms with Crippen molar-refractivity contribution in [2.24, 2.45) is 11.7 Å². The third-order valence-electron chi connectivity index (χ3n) is 3.15. The first kappa shape index (κ1) is 19.4. The minimum Gasteiger partial charge on any atom is -0.345 e. The third kappa shape index (κ3) is 5.02. The summed E-state index contributed by atoms with van der Waals surface area (Å²) in [5, 5.41) is 2.77. The highest BCUT2D eigenvalue weighted by Gasteiger charge is 2.18. The van der Waals surface area contributed by atoms with Crippen LogP contribution >= 0.6 is 12.4 Å². The minimum atomic E-state index is -0.543. The number of benzene rings is 1. The second kappa shape index (κ2) is 8.00. The quantitative estimate of drug-likeness (QED) is 0.893. The third-order valence-corrected chi connectivity index (χ3v) is 3.15. The van der Waals surface area contributed by atoms with Crippen molar-refractivity contribution in [3.05, 3.63) is 29.3 Å². The van der Waals surface area contributed by atoms with Crippen molar-refractivity contribution in [3.8, 4) is 0 Å². The van der Waals surface area contributed by atoms with Gasteiger partial charge in [-0.3, -0.25) is 9.59 Å². The monoisotopic (exact) mass is 313 g/mol. The van der Waals surface area contributed by atoms with E-state index in [4.69, 9.17) is 5.73 Å². The molecule has 0 aliphatic rings. The van der Waals surface area contributed by atoms with E-state index in [9.17, 15) is 9.59 Å². The molecule has 0 bridgehead atoms. The van der Waals surface area contributed by atoms with Gasteiger partial charge in [0.05, 0.1) is 6.04 Å². The molecule has 6 heteroatoms. The molecule has 0 saturated heterocycles. The molecule has 0 saturated carbocycles. The molecule has 3 N–H and O–H groups in total. The second-order valence-corrected chi connectivity index (χ2v) is 5.49. The highest BCUT2D eigenvalue weighted by Crippen LogP contribution is 2.17. The molecule has 0 spiro atoms. The standard InChI is InChI=1S/C15H23N3O2.ClH/c1-9(2)13(16)14(19)17-11-6-7-12(10(3)8-11)15(20)18(4)5;/h6-9,13H,16H2,1-5H3,(H,17,19);1H/t13-;/m0./s1. The number of amides is 2. The lowest BCUT2D eigenvalue weighted by atomic mass is 10.0. The molecule has 0 heterocycles. The van der Waals surface area contributed by atoms with Crippen molar-refractivity contribution < 1.29 is 9.59 Å². The first-order valence-corrected chi connectivity index (χ1v) is 6.62. The number of anilines is 1. The average Bonchev–Trinajstić information content (AvgIpc) is 2.36. The van der Waals surface area contributed by atoms with Crippen molar-refractivity contribution in [1.29, 1.82) is 0 Å². The maximum absolute atomic E-state index is 11.9. The van der Waals surface area contributed by atoms with Crippen molar-refractivity contribution >= 4 is 29.9 Å². The van der Waals surface area contributed by atoms with Crippen LogP contribution in [-0.2, 0) is 4.79 Å². The molecule has 1 atom stereocenters. The van der Waals surface area contributed by atoms with Crippen LogP contribution in [0, 0.1) is 12.8 Å². The molecule has 0 aromatic heterocycles. The van der Waals surface area contributed by atoms with Gasteiger partial charge in [-0.25, -0.2) is 0 Å². The van der Waals surface area contributed by atoms with E-state index in [0.29, 0.717) is 11.3 Å². The fourth-order valence-electron chi connectivity index (χ4n) is 1.75. The van der Waals surface area contributed by atoms with Crippen LogP contribution in [0.1, 0.15) is 29.8 Å². The summed E-state index contributed by atoms with van der Waals surface area (Å²) in [4.78, 5) is 25.3. The first-order valence-electron chi connectivity index (χ1n) is 6.62. The lowest BCUT2D eigenvalue weighted by Crippen LogP contribution is -2.39. The Hall–Kier alpha value is -1.59. The van der Waals surface area contributed by atoms with Gasteiger partial charge in [-0.1, -0.05) is 13.8 Å². The maximum atomic E-state index is 11.9. The highest BCUT2D eigenvalue weighted by atomic mass is 35.5. The SMILES string of the molecule is Cc1cc(NC(=O)[C@@H](N)C(C)C)ccc1C(=O)N(C)C.Cl. The molecule has 118 valence electrons. The van der Waals surface area contributed by atoms with Crippen LogP contribution in [0.2, 0.25) is 0 Å². The minimum absolute atomic E-state index is 0. The number of hydrogen-bond donors (Lipinski definition) is 2. The molecule has 1 rings (SSSR count). The van der Waals surface area contributed by atoms with Crippen LogP contribution in [0.4, 0.5) is 5.69 Å². The van der Waals surface area contributed by atoms with Gasteiger partial charge in [-0.05, 0) is 36.6 Å². The zero-order chi connectivity index (χ0) is 15.4. The molecule has 1 aromatic carbocycles. The van der Waals surface area contributed by atoms with E-state index in [1.54, 1.807) is 32.3 Å². The van der Waals surface area contributed by atoms with E-state index in [2.05, 4.69) is 5.32 Å². The van der Waals surface area contributed by atoms with E-state index < -0.39 is 6.04 Å². The number of carbonyl (C=O) groups excluding carboxylic acids is 2. The molecule has 2 amide bonds. The van der Waals surface area contributed by atoms with Gasteiger partial charge in [-0.2, -0.15) is 0 Å². The maximum Gasteiger partial charge on any atom is 0.253 e. The Balaban J connectivity index is 0.00000400. The first-order chi connectivity index (χ1) is 9.23. The fourth-order valence-corrected chi connectivity index (χ4v) is 1.75. The summed E-state index contributed by atoms with van der Waals surface area (Å²) in [6.45, 7) is 5.64. The van der Waals surface area contributed by atoms with Gasteiger partial charge in [-0.15, -0.1) is 12.4 Å². The summed E-state index contributed by atoms with van der Waals surface area (Å²) >= 11 is 0. The van der Waals surface area contributed by atoms with E-state index in [1.807, 2.05) is 20.8 Å². The summed E-state index contributed by atoms with van der Waals surface area (Å²) in [5.41, 5.74) is 7.89. The number of nitrogens with two attached hydrogens (primary N) is 1. The molecule has 21 heavy (non-hydrogen) atoms. The Morgan fingerprint density at radius 3 is 2.24 bits per heavy atom. The van der Waals surface area contributed by atoms with Gasteiger partial charge >= 0.3 is 0 Å². The van der Waals surface area contributed by atoms with Gasteiger partial charge in [0.25, 0.3) is 5.91 Å². The smallest absolute Gasteiger partial charge is 0.253 e. The van der Waals surface area contributed by atoms with Crippen LogP contribution in [0.3, 0.4) is 0 Å². The lowest BCUT2D eigenvalue weighted by Gasteiger charge is -2.17. The molecular weight excluding hydrogens is 290 g/mol. The fraction of sp³-hybridized carbons (Fsp3) is 0.467. The molecular formula is C15H24ClN3O2. The van der Waals surface area contributed by atoms with Crippen molar-refractivity contribution in [3.63, 3.8) is 0 Å². The second-order valence-electron chi connectivity index (χ2n) is 5.49. The van der Waals surface area contributed by atoms with Crippen molar-refractivity contribution in [2.45, 2.75) is 26.8 Å². The summed E-state index contributed by atoms with van der Waals surface area (Å²) in [5.74, 6) is -0.198. The number of hydrogen-bond acceptors (Lipinski definition) is 3. The lowest BCUT2D eigenvalue weighted by molar-refractivity contribution is -0.118. The van der Waals surface area contributed by atoms with Crippen LogP contribution < -0.4 is 11.1 Å². The highest BCUT2D eigenvalue weighted by molar-refractivity contribution is 5.98. The van der Waals surface area contributed by atoms with E-state index >= 15 is 0 Å². The Kier molecular flexibility index (Phi) is 7.39. The van der Waals surface area contributed by atoms with E-state index in [1.165, 1.54) is 4.90 Å².